The summed E-state index contributed by atoms with van der Waals surface area (Å²) in [6, 6.07) is 7.53. The molecule has 29 heavy (non-hydrogen) atoms. The molecule has 0 saturated heterocycles. The molecule has 0 unspecified atom stereocenters. The SMILES string of the molecule is C#CC[C@@H](C[C@@H](COCOCCOC)NC(=O)c1ccc(C#N)cc1)C(=O)NO. The number of ether oxygens (including phenoxy) is 3. The van der Waals surface area contributed by atoms with Gasteiger partial charge in [0.2, 0.25) is 5.91 Å². The predicted molar refractivity (Wildman–Crippen MR) is 103 cm³/mol. The standard InChI is InChI=1S/C20H25N3O6/c1-3-4-17(20(25)23-26)11-18(13-29-14-28-10-9-27-2)22-19(24)16-7-5-15(12-21)6-8-16/h1,5-8,17-18,26H,4,9-11,13-14H2,2H3,(H,22,24)(H,23,25)/t17-,18-/m0/s1. The van der Waals surface area contributed by atoms with E-state index in [1.165, 1.54) is 24.3 Å². The van der Waals surface area contributed by atoms with Crippen molar-refractivity contribution in [2.75, 3.05) is 33.7 Å². The first-order valence-electron chi connectivity index (χ1n) is 8.88. The highest BCUT2D eigenvalue weighted by atomic mass is 16.7. The van der Waals surface area contributed by atoms with Gasteiger partial charge in [-0.3, -0.25) is 14.8 Å². The maximum absolute atomic E-state index is 12.5. The maximum atomic E-state index is 12.5. The molecule has 0 spiro atoms. The summed E-state index contributed by atoms with van der Waals surface area (Å²) in [6.45, 7) is 0.821. The van der Waals surface area contributed by atoms with Gasteiger partial charge in [0.1, 0.15) is 6.79 Å². The molecule has 9 heteroatoms. The van der Waals surface area contributed by atoms with Gasteiger partial charge in [0, 0.05) is 19.1 Å². The van der Waals surface area contributed by atoms with Crippen molar-refractivity contribution >= 4 is 11.8 Å². The average Bonchev–Trinajstić information content (AvgIpc) is 2.75. The molecule has 0 radical (unpaired) electrons. The highest BCUT2D eigenvalue weighted by Gasteiger charge is 2.24. The van der Waals surface area contributed by atoms with E-state index in [2.05, 4.69) is 11.2 Å². The van der Waals surface area contributed by atoms with E-state index in [1.54, 1.807) is 12.6 Å². The summed E-state index contributed by atoms with van der Waals surface area (Å²) in [7, 11) is 1.55. The van der Waals surface area contributed by atoms with E-state index in [4.69, 9.17) is 31.1 Å². The molecule has 0 bridgehead atoms. The Kier molecular flexibility index (Phi) is 11.7. The summed E-state index contributed by atoms with van der Waals surface area (Å²) in [5.41, 5.74) is 2.37. The van der Waals surface area contributed by atoms with Gasteiger partial charge in [-0.2, -0.15) is 5.26 Å². The number of hydrogen-bond acceptors (Lipinski definition) is 7. The number of carbonyl (C=O) groups excluding carboxylic acids is 2. The van der Waals surface area contributed by atoms with Crippen LogP contribution in [0.25, 0.3) is 0 Å². The Morgan fingerprint density at radius 3 is 2.55 bits per heavy atom. The number of benzene rings is 1. The Hall–Kier alpha value is -2.95. The summed E-state index contributed by atoms with van der Waals surface area (Å²) in [4.78, 5) is 24.4. The van der Waals surface area contributed by atoms with Crippen LogP contribution in [-0.4, -0.2) is 56.8 Å². The van der Waals surface area contributed by atoms with Crippen LogP contribution in [-0.2, 0) is 19.0 Å². The fraction of sp³-hybridized carbons (Fsp3) is 0.450. The van der Waals surface area contributed by atoms with Crippen molar-refractivity contribution in [1.29, 1.82) is 5.26 Å². The lowest BCUT2D eigenvalue weighted by atomic mass is 9.96. The fourth-order valence-corrected chi connectivity index (χ4v) is 2.44. The molecule has 156 valence electrons. The zero-order valence-electron chi connectivity index (χ0n) is 16.2. The molecule has 0 fully saturated rings. The van der Waals surface area contributed by atoms with E-state index in [1.807, 2.05) is 6.07 Å². The molecule has 0 heterocycles. The van der Waals surface area contributed by atoms with Gasteiger partial charge < -0.3 is 19.5 Å². The van der Waals surface area contributed by atoms with Crippen LogP contribution >= 0.6 is 0 Å². The largest absolute Gasteiger partial charge is 0.382 e. The Morgan fingerprint density at radius 1 is 1.24 bits per heavy atom. The van der Waals surface area contributed by atoms with E-state index in [0.717, 1.165) is 0 Å². The minimum absolute atomic E-state index is 0.0153. The van der Waals surface area contributed by atoms with Crippen LogP contribution in [0.15, 0.2) is 24.3 Å². The van der Waals surface area contributed by atoms with Gasteiger partial charge in [0.25, 0.3) is 5.91 Å². The Labute approximate surface area is 169 Å². The molecule has 2 amide bonds. The van der Waals surface area contributed by atoms with E-state index in [-0.39, 0.29) is 26.2 Å². The van der Waals surface area contributed by atoms with Crippen molar-refractivity contribution < 1.29 is 29.0 Å². The summed E-state index contributed by atoms with van der Waals surface area (Å²) in [5.74, 6) is 0.630. The van der Waals surface area contributed by atoms with Gasteiger partial charge in [0.15, 0.2) is 0 Å². The van der Waals surface area contributed by atoms with E-state index in [0.29, 0.717) is 24.3 Å². The van der Waals surface area contributed by atoms with Crippen molar-refractivity contribution in [1.82, 2.24) is 10.8 Å². The topological polar surface area (TPSA) is 130 Å². The number of nitrogens with zero attached hydrogens (tertiary/aromatic N) is 1. The second-order valence-electron chi connectivity index (χ2n) is 6.07. The number of hydrogen-bond donors (Lipinski definition) is 3. The minimum atomic E-state index is -0.714. The number of carbonyl (C=O) groups is 2. The molecule has 0 aliphatic rings. The number of methoxy groups -OCH3 is 1. The van der Waals surface area contributed by atoms with Gasteiger partial charge in [-0.1, -0.05) is 0 Å². The first-order chi connectivity index (χ1) is 14.0. The monoisotopic (exact) mass is 403 g/mol. The lowest BCUT2D eigenvalue weighted by Crippen LogP contribution is -2.42. The molecular weight excluding hydrogens is 378 g/mol. The van der Waals surface area contributed by atoms with Crippen LogP contribution in [0.3, 0.4) is 0 Å². The summed E-state index contributed by atoms with van der Waals surface area (Å²) >= 11 is 0. The highest BCUT2D eigenvalue weighted by molar-refractivity contribution is 5.94. The molecule has 0 aliphatic carbocycles. The quantitative estimate of drug-likeness (QED) is 0.146. The average molecular weight is 403 g/mol. The van der Waals surface area contributed by atoms with Crippen molar-refractivity contribution in [3.8, 4) is 18.4 Å². The van der Waals surface area contributed by atoms with Crippen LogP contribution < -0.4 is 10.8 Å². The molecule has 1 rings (SSSR count). The molecule has 2 atom stereocenters. The first kappa shape index (κ1) is 24.1. The van der Waals surface area contributed by atoms with Crippen LogP contribution in [0.2, 0.25) is 0 Å². The number of hydroxylamine groups is 1. The van der Waals surface area contributed by atoms with Crippen molar-refractivity contribution in [3.05, 3.63) is 35.4 Å². The zero-order valence-corrected chi connectivity index (χ0v) is 16.2. The molecule has 0 aromatic heterocycles. The lowest BCUT2D eigenvalue weighted by Gasteiger charge is -2.22. The number of nitrogens with one attached hydrogen (secondary N) is 2. The van der Waals surface area contributed by atoms with Crippen LogP contribution in [0.5, 0.6) is 0 Å². The predicted octanol–water partition coefficient (Wildman–Crippen LogP) is 0.829. The lowest BCUT2D eigenvalue weighted by molar-refractivity contribution is -0.134. The number of rotatable bonds is 13. The normalized spacial score (nSPS) is 12.3. The first-order valence-corrected chi connectivity index (χ1v) is 8.88. The molecule has 0 aliphatic heterocycles. The molecule has 3 N–H and O–H groups in total. The number of amides is 2. The van der Waals surface area contributed by atoms with Gasteiger partial charge in [0.05, 0.1) is 43.4 Å². The van der Waals surface area contributed by atoms with Crippen molar-refractivity contribution in [2.45, 2.75) is 18.9 Å². The van der Waals surface area contributed by atoms with Gasteiger partial charge >= 0.3 is 0 Å². The molecule has 0 saturated carbocycles. The Bertz CT molecular complexity index is 723. The third-order valence-electron chi connectivity index (χ3n) is 3.94. The third-order valence-corrected chi connectivity index (χ3v) is 3.94. The van der Waals surface area contributed by atoms with Crippen LogP contribution in [0.4, 0.5) is 0 Å². The highest BCUT2D eigenvalue weighted by Crippen LogP contribution is 2.13. The van der Waals surface area contributed by atoms with Gasteiger partial charge in [-0.25, -0.2) is 5.48 Å². The molecule has 1 aromatic carbocycles. The van der Waals surface area contributed by atoms with Gasteiger partial charge in [-0.15, -0.1) is 12.3 Å². The maximum Gasteiger partial charge on any atom is 0.251 e. The van der Waals surface area contributed by atoms with E-state index >= 15 is 0 Å². The Balaban J connectivity index is 2.76. The summed E-state index contributed by atoms with van der Waals surface area (Å²) < 4.78 is 15.5. The second kappa shape index (κ2) is 14.1. The van der Waals surface area contributed by atoms with Crippen molar-refractivity contribution in [3.63, 3.8) is 0 Å². The third kappa shape index (κ3) is 9.19. The summed E-state index contributed by atoms with van der Waals surface area (Å²) in [5, 5.41) is 20.5. The van der Waals surface area contributed by atoms with Crippen LogP contribution in [0.1, 0.15) is 28.8 Å². The van der Waals surface area contributed by atoms with E-state index < -0.39 is 23.8 Å². The minimum Gasteiger partial charge on any atom is -0.382 e. The molecule has 1 aromatic rings. The Morgan fingerprint density at radius 2 is 1.97 bits per heavy atom. The zero-order chi connectivity index (χ0) is 21.5. The number of terminal acetylenes is 1. The van der Waals surface area contributed by atoms with Crippen molar-refractivity contribution in [2.24, 2.45) is 5.92 Å². The van der Waals surface area contributed by atoms with Gasteiger partial charge in [-0.05, 0) is 30.7 Å². The number of nitriles is 1. The molecular formula is C20H25N3O6. The molecule has 9 nitrogen and oxygen atoms in total. The fourth-order valence-electron chi connectivity index (χ4n) is 2.44. The smallest absolute Gasteiger partial charge is 0.251 e. The summed E-state index contributed by atoms with van der Waals surface area (Å²) in [6.07, 6.45) is 5.53. The van der Waals surface area contributed by atoms with E-state index in [9.17, 15) is 9.59 Å². The second-order valence-corrected chi connectivity index (χ2v) is 6.07. The van der Waals surface area contributed by atoms with Crippen LogP contribution in [0, 0.1) is 29.6 Å².